The molecule has 0 spiro atoms. The van der Waals surface area contributed by atoms with Gasteiger partial charge < -0.3 is 10.8 Å². The fourth-order valence-electron chi connectivity index (χ4n) is 0.989. The molecule has 1 aromatic rings. The third-order valence-corrected chi connectivity index (χ3v) is 1.65. The number of nitrogens with zero attached hydrogens (tertiary/aromatic N) is 1. The van der Waals surface area contributed by atoms with E-state index < -0.39 is 0 Å². The molecule has 0 unspecified atom stereocenters. The molecule has 1 rings (SSSR count). The standard InChI is InChI=1S/C9H10N2O.ClH/c1-6(11)8-4-7(5-10)2-3-9(8)12;/h2-4,6,12H,11H2,1H3;1H/t6-;/m1./s1. The van der Waals surface area contributed by atoms with Gasteiger partial charge in [0.2, 0.25) is 0 Å². The van der Waals surface area contributed by atoms with Crippen LogP contribution in [0.15, 0.2) is 18.2 Å². The predicted octanol–water partition coefficient (Wildman–Crippen LogP) is 1.71. The van der Waals surface area contributed by atoms with E-state index >= 15 is 0 Å². The van der Waals surface area contributed by atoms with Gasteiger partial charge >= 0.3 is 0 Å². The molecule has 0 aliphatic carbocycles. The summed E-state index contributed by atoms with van der Waals surface area (Å²) in [4.78, 5) is 0. The first-order valence-corrected chi connectivity index (χ1v) is 3.63. The lowest BCUT2D eigenvalue weighted by molar-refractivity contribution is 0.463. The van der Waals surface area contributed by atoms with Gasteiger partial charge in [0.15, 0.2) is 0 Å². The van der Waals surface area contributed by atoms with Crippen LogP contribution in [0.25, 0.3) is 0 Å². The van der Waals surface area contributed by atoms with Crippen molar-refractivity contribution in [2.24, 2.45) is 5.73 Å². The Morgan fingerprint density at radius 3 is 2.62 bits per heavy atom. The molecule has 70 valence electrons. The first-order valence-electron chi connectivity index (χ1n) is 3.63. The highest BCUT2D eigenvalue weighted by Gasteiger charge is 2.06. The summed E-state index contributed by atoms with van der Waals surface area (Å²) in [6.45, 7) is 1.76. The first kappa shape index (κ1) is 11.8. The number of benzene rings is 1. The van der Waals surface area contributed by atoms with Gasteiger partial charge in [-0.3, -0.25) is 0 Å². The van der Waals surface area contributed by atoms with Gasteiger partial charge in [0.05, 0.1) is 11.6 Å². The predicted molar refractivity (Wildman–Crippen MR) is 52.7 cm³/mol. The van der Waals surface area contributed by atoms with Crippen molar-refractivity contribution in [3.05, 3.63) is 29.3 Å². The zero-order valence-corrected chi connectivity index (χ0v) is 8.01. The van der Waals surface area contributed by atoms with Gasteiger partial charge in [0.25, 0.3) is 0 Å². The minimum atomic E-state index is -0.252. The van der Waals surface area contributed by atoms with E-state index in [9.17, 15) is 5.11 Å². The maximum Gasteiger partial charge on any atom is 0.120 e. The molecule has 4 heteroatoms. The fraction of sp³-hybridized carbons (Fsp3) is 0.222. The molecule has 0 bridgehead atoms. The van der Waals surface area contributed by atoms with E-state index in [2.05, 4.69) is 0 Å². The number of phenols is 1. The van der Waals surface area contributed by atoms with Crippen LogP contribution in [-0.4, -0.2) is 5.11 Å². The van der Waals surface area contributed by atoms with E-state index in [1.807, 2.05) is 6.07 Å². The lowest BCUT2D eigenvalue weighted by atomic mass is 10.1. The molecule has 3 N–H and O–H groups in total. The van der Waals surface area contributed by atoms with E-state index in [1.165, 1.54) is 6.07 Å². The summed E-state index contributed by atoms with van der Waals surface area (Å²) < 4.78 is 0. The molecule has 1 atom stereocenters. The van der Waals surface area contributed by atoms with E-state index in [0.717, 1.165) is 0 Å². The Kier molecular flexibility index (Phi) is 4.26. The van der Waals surface area contributed by atoms with E-state index in [0.29, 0.717) is 11.1 Å². The van der Waals surface area contributed by atoms with Gasteiger partial charge in [-0.15, -0.1) is 12.4 Å². The Balaban J connectivity index is 0.00000144. The van der Waals surface area contributed by atoms with Gasteiger partial charge in [0.1, 0.15) is 5.75 Å². The third kappa shape index (κ3) is 2.62. The molecule has 0 saturated carbocycles. The van der Waals surface area contributed by atoms with Crippen molar-refractivity contribution < 1.29 is 5.11 Å². The minimum absolute atomic E-state index is 0. The van der Waals surface area contributed by atoms with Crippen LogP contribution in [0, 0.1) is 11.3 Å². The molecule has 3 nitrogen and oxygen atoms in total. The summed E-state index contributed by atoms with van der Waals surface area (Å²) in [5.41, 5.74) is 6.69. The second kappa shape index (κ2) is 4.70. The molecule has 13 heavy (non-hydrogen) atoms. The van der Waals surface area contributed by atoms with Crippen LogP contribution in [0.3, 0.4) is 0 Å². The smallest absolute Gasteiger partial charge is 0.120 e. The quantitative estimate of drug-likeness (QED) is 0.722. The van der Waals surface area contributed by atoms with Crippen LogP contribution in [0.1, 0.15) is 24.1 Å². The van der Waals surface area contributed by atoms with Crippen molar-refractivity contribution >= 4 is 12.4 Å². The molecule has 0 aliphatic rings. The van der Waals surface area contributed by atoms with Crippen LogP contribution >= 0.6 is 12.4 Å². The zero-order chi connectivity index (χ0) is 9.14. The van der Waals surface area contributed by atoms with Crippen LogP contribution in [-0.2, 0) is 0 Å². The SMILES string of the molecule is C[C@@H](N)c1cc(C#N)ccc1O.Cl. The number of halogens is 1. The number of hydrogen-bond acceptors (Lipinski definition) is 3. The third-order valence-electron chi connectivity index (χ3n) is 1.65. The van der Waals surface area contributed by atoms with Crippen LogP contribution in [0.4, 0.5) is 0 Å². The van der Waals surface area contributed by atoms with Crippen molar-refractivity contribution in [2.75, 3.05) is 0 Å². The van der Waals surface area contributed by atoms with Gasteiger partial charge in [-0.2, -0.15) is 5.26 Å². The summed E-state index contributed by atoms with van der Waals surface area (Å²) >= 11 is 0. The van der Waals surface area contributed by atoms with Crippen LogP contribution < -0.4 is 5.73 Å². The molecule has 0 aromatic heterocycles. The van der Waals surface area contributed by atoms with E-state index in [-0.39, 0.29) is 24.2 Å². The maximum atomic E-state index is 9.31. The summed E-state index contributed by atoms with van der Waals surface area (Å²) in [6.07, 6.45) is 0. The average Bonchev–Trinajstić information content (AvgIpc) is 2.05. The molecule has 0 aliphatic heterocycles. The second-order valence-electron chi connectivity index (χ2n) is 2.67. The molecular weight excluding hydrogens is 188 g/mol. The van der Waals surface area contributed by atoms with Gasteiger partial charge in [-0.1, -0.05) is 0 Å². The van der Waals surface area contributed by atoms with E-state index in [4.69, 9.17) is 11.0 Å². The number of rotatable bonds is 1. The molecule has 1 aromatic carbocycles. The lowest BCUT2D eigenvalue weighted by Gasteiger charge is -2.07. The Morgan fingerprint density at radius 1 is 1.54 bits per heavy atom. The molecule has 0 saturated heterocycles. The van der Waals surface area contributed by atoms with Crippen molar-refractivity contribution in [1.82, 2.24) is 0 Å². The molecule has 0 fully saturated rings. The van der Waals surface area contributed by atoms with Gasteiger partial charge in [-0.05, 0) is 25.1 Å². The number of nitriles is 1. The topological polar surface area (TPSA) is 70.0 Å². The van der Waals surface area contributed by atoms with Gasteiger partial charge in [0, 0.05) is 11.6 Å². The second-order valence-corrected chi connectivity index (χ2v) is 2.67. The molecule has 0 amide bonds. The van der Waals surface area contributed by atoms with Gasteiger partial charge in [-0.25, -0.2) is 0 Å². The number of nitrogens with two attached hydrogens (primary N) is 1. The van der Waals surface area contributed by atoms with Crippen LogP contribution in [0.5, 0.6) is 5.75 Å². The first-order chi connectivity index (χ1) is 5.65. The van der Waals surface area contributed by atoms with Crippen molar-refractivity contribution in [2.45, 2.75) is 13.0 Å². The fourth-order valence-corrected chi connectivity index (χ4v) is 0.989. The largest absolute Gasteiger partial charge is 0.508 e. The summed E-state index contributed by atoms with van der Waals surface area (Å²) in [5, 5.41) is 17.9. The molecular formula is C9H11ClN2O. The van der Waals surface area contributed by atoms with Crippen molar-refractivity contribution in [3.8, 4) is 11.8 Å². The number of phenolic OH excluding ortho intramolecular Hbond substituents is 1. The Hall–Kier alpha value is -1.24. The highest BCUT2D eigenvalue weighted by Crippen LogP contribution is 2.22. The maximum absolute atomic E-state index is 9.31. The summed E-state index contributed by atoms with van der Waals surface area (Å²) in [5.74, 6) is 0.143. The number of hydrogen-bond donors (Lipinski definition) is 2. The van der Waals surface area contributed by atoms with E-state index in [1.54, 1.807) is 19.1 Å². The molecule has 0 heterocycles. The average molecular weight is 199 g/mol. The number of aromatic hydroxyl groups is 1. The lowest BCUT2D eigenvalue weighted by Crippen LogP contribution is -2.05. The Morgan fingerprint density at radius 2 is 2.15 bits per heavy atom. The normalized spacial score (nSPS) is 11.2. The molecule has 0 radical (unpaired) electrons. The Bertz CT molecular complexity index is 331. The minimum Gasteiger partial charge on any atom is -0.508 e. The zero-order valence-electron chi connectivity index (χ0n) is 7.19. The van der Waals surface area contributed by atoms with Crippen molar-refractivity contribution in [3.63, 3.8) is 0 Å². The Labute approximate surface area is 83.2 Å². The van der Waals surface area contributed by atoms with Crippen molar-refractivity contribution in [1.29, 1.82) is 5.26 Å². The summed E-state index contributed by atoms with van der Waals surface area (Å²) in [6, 6.07) is 6.37. The monoisotopic (exact) mass is 198 g/mol. The highest BCUT2D eigenvalue weighted by molar-refractivity contribution is 5.85. The summed E-state index contributed by atoms with van der Waals surface area (Å²) in [7, 11) is 0. The van der Waals surface area contributed by atoms with Crippen LogP contribution in [0.2, 0.25) is 0 Å². The highest BCUT2D eigenvalue weighted by atomic mass is 35.5.